The van der Waals surface area contributed by atoms with Crippen LogP contribution in [0.25, 0.3) is 0 Å². The predicted octanol–water partition coefficient (Wildman–Crippen LogP) is 3.32. The summed E-state index contributed by atoms with van der Waals surface area (Å²) in [5.74, 6) is 1.82. The van der Waals surface area contributed by atoms with E-state index < -0.39 is 0 Å². The molecule has 1 aromatic carbocycles. The second-order valence-corrected chi connectivity index (χ2v) is 5.99. The van der Waals surface area contributed by atoms with Gasteiger partial charge in [-0.3, -0.25) is 0 Å². The lowest BCUT2D eigenvalue weighted by molar-refractivity contribution is 0.219. The number of benzene rings is 1. The molecule has 100 valence electrons. The first-order valence-corrected chi connectivity index (χ1v) is 7.04. The highest BCUT2D eigenvalue weighted by molar-refractivity contribution is 5.40. The molecule has 18 heavy (non-hydrogen) atoms. The van der Waals surface area contributed by atoms with E-state index in [2.05, 4.69) is 51.2 Å². The fourth-order valence-corrected chi connectivity index (χ4v) is 2.69. The molecule has 0 aliphatic carbocycles. The molecule has 0 amide bonds. The smallest absolute Gasteiger partial charge is 0.123 e. The molecule has 0 radical (unpaired) electrons. The summed E-state index contributed by atoms with van der Waals surface area (Å²) >= 11 is 0. The summed E-state index contributed by atoms with van der Waals surface area (Å²) < 4.78 is 5.95. The van der Waals surface area contributed by atoms with Crippen LogP contribution < -0.4 is 10.1 Å². The van der Waals surface area contributed by atoms with Crippen LogP contribution in [0.4, 0.5) is 0 Å². The Morgan fingerprint density at radius 1 is 1.33 bits per heavy atom. The molecular weight excluding hydrogens is 222 g/mol. The molecule has 2 heteroatoms. The van der Waals surface area contributed by atoms with E-state index in [9.17, 15) is 0 Å². The van der Waals surface area contributed by atoms with Crippen molar-refractivity contribution in [3.05, 3.63) is 29.3 Å². The van der Waals surface area contributed by atoms with E-state index in [1.165, 1.54) is 17.5 Å². The maximum absolute atomic E-state index is 5.95. The molecule has 1 aromatic rings. The van der Waals surface area contributed by atoms with Crippen molar-refractivity contribution < 1.29 is 4.74 Å². The molecule has 0 saturated carbocycles. The Morgan fingerprint density at radius 3 is 2.83 bits per heavy atom. The topological polar surface area (TPSA) is 21.3 Å². The third kappa shape index (κ3) is 3.49. The van der Waals surface area contributed by atoms with E-state index in [-0.39, 0.29) is 0 Å². The van der Waals surface area contributed by atoms with Crippen LogP contribution in [0.2, 0.25) is 0 Å². The van der Waals surface area contributed by atoms with Crippen molar-refractivity contribution in [1.29, 1.82) is 0 Å². The van der Waals surface area contributed by atoms with Gasteiger partial charge in [-0.1, -0.05) is 31.5 Å². The highest BCUT2D eigenvalue weighted by Crippen LogP contribution is 2.29. The van der Waals surface area contributed by atoms with Crippen molar-refractivity contribution in [1.82, 2.24) is 5.32 Å². The highest BCUT2D eigenvalue weighted by Gasteiger charge is 2.22. The third-order valence-electron chi connectivity index (χ3n) is 3.48. The Kier molecular flexibility index (Phi) is 4.28. The zero-order chi connectivity index (χ0) is 13.1. The molecular formula is C16H25NO. The van der Waals surface area contributed by atoms with Gasteiger partial charge in [0.2, 0.25) is 0 Å². The standard InChI is InChI=1S/C16H25NO/c1-11(2)7-13(4)17-10-15-9-14-8-12(3)5-6-16(14)18-15/h5-6,8,11,13,15,17H,7,9-10H2,1-4H3. The number of nitrogens with one attached hydrogen (secondary N) is 1. The van der Waals surface area contributed by atoms with Crippen LogP contribution in [-0.2, 0) is 6.42 Å². The molecule has 1 aliphatic rings. The van der Waals surface area contributed by atoms with E-state index in [0.29, 0.717) is 12.1 Å². The minimum Gasteiger partial charge on any atom is -0.488 e. The van der Waals surface area contributed by atoms with E-state index in [1.807, 2.05) is 0 Å². The first-order chi connectivity index (χ1) is 8.54. The number of aryl methyl sites for hydroxylation is 1. The fraction of sp³-hybridized carbons (Fsp3) is 0.625. The lowest BCUT2D eigenvalue weighted by Crippen LogP contribution is -2.36. The van der Waals surface area contributed by atoms with E-state index in [1.54, 1.807) is 0 Å². The van der Waals surface area contributed by atoms with Crippen LogP contribution >= 0.6 is 0 Å². The number of ether oxygens (including phenoxy) is 1. The van der Waals surface area contributed by atoms with Crippen LogP contribution in [-0.4, -0.2) is 18.7 Å². The summed E-state index contributed by atoms with van der Waals surface area (Å²) in [4.78, 5) is 0. The number of fused-ring (bicyclic) bond motifs is 1. The second kappa shape index (κ2) is 5.75. The summed E-state index contributed by atoms with van der Waals surface area (Å²) in [5.41, 5.74) is 2.68. The SMILES string of the molecule is Cc1ccc2c(c1)CC(CNC(C)CC(C)C)O2. The Hall–Kier alpha value is -1.02. The van der Waals surface area contributed by atoms with Crippen molar-refractivity contribution in [3.63, 3.8) is 0 Å². The van der Waals surface area contributed by atoms with E-state index in [0.717, 1.165) is 24.6 Å². The predicted molar refractivity (Wildman–Crippen MR) is 76.2 cm³/mol. The monoisotopic (exact) mass is 247 g/mol. The summed E-state index contributed by atoms with van der Waals surface area (Å²) in [6, 6.07) is 7.03. The Labute approximate surface area is 111 Å². The maximum Gasteiger partial charge on any atom is 0.123 e. The lowest BCUT2D eigenvalue weighted by Gasteiger charge is -2.18. The van der Waals surface area contributed by atoms with Crippen LogP contribution in [0.15, 0.2) is 18.2 Å². The van der Waals surface area contributed by atoms with Gasteiger partial charge in [-0.15, -0.1) is 0 Å². The van der Waals surface area contributed by atoms with Gasteiger partial charge < -0.3 is 10.1 Å². The molecule has 0 saturated heterocycles. The van der Waals surface area contributed by atoms with Crippen molar-refractivity contribution >= 4 is 0 Å². The minimum atomic E-state index is 0.302. The van der Waals surface area contributed by atoms with Gasteiger partial charge in [0.05, 0.1) is 0 Å². The van der Waals surface area contributed by atoms with Crippen molar-refractivity contribution in [2.45, 2.75) is 52.7 Å². The van der Waals surface area contributed by atoms with Gasteiger partial charge in [0.1, 0.15) is 11.9 Å². The van der Waals surface area contributed by atoms with Gasteiger partial charge in [-0.25, -0.2) is 0 Å². The number of hydrogen-bond donors (Lipinski definition) is 1. The number of rotatable bonds is 5. The van der Waals surface area contributed by atoms with Crippen molar-refractivity contribution in [2.75, 3.05) is 6.54 Å². The van der Waals surface area contributed by atoms with Gasteiger partial charge >= 0.3 is 0 Å². The van der Waals surface area contributed by atoms with Crippen molar-refractivity contribution in [3.8, 4) is 5.75 Å². The Balaban J connectivity index is 1.81. The quantitative estimate of drug-likeness (QED) is 0.862. The van der Waals surface area contributed by atoms with Gasteiger partial charge in [0.25, 0.3) is 0 Å². The summed E-state index contributed by atoms with van der Waals surface area (Å²) in [7, 11) is 0. The normalized spacial score (nSPS) is 19.7. The number of hydrogen-bond acceptors (Lipinski definition) is 2. The van der Waals surface area contributed by atoms with Gasteiger partial charge in [0.15, 0.2) is 0 Å². The summed E-state index contributed by atoms with van der Waals surface area (Å²) in [5, 5.41) is 3.58. The maximum atomic E-state index is 5.95. The van der Waals surface area contributed by atoms with Gasteiger partial charge in [0, 0.05) is 19.0 Å². The average Bonchev–Trinajstić information content (AvgIpc) is 2.67. The average molecular weight is 247 g/mol. The Bertz CT molecular complexity index is 400. The molecule has 0 spiro atoms. The van der Waals surface area contributed by atoms with Gasteiger partial charge in [-0.2, -0.15) is 0 Å². The molecule has 0 aromatic heterocycles. The van der Waals surface area contributed by atoms with E-state index >= 15 is 0 Å². The van der Waals surface area contributed by atoms with Crippen LogP contribution in [0.5, 0.6) is 5.75 Å². The third-order valence-corrected chi connectivity index (χ3v) is 3.48. The fourth-order valence-electron chi connectivity index (χ4n) is 2.69. The molecule has 1 aliphatic heterocycles. The molecule has 2 unspecified atom stereocenters. The molecule has 0 fully saturated rings. The van der Waals surface area contributed by atoms with Crippen LogP contribution in [0.1, 0.15) is 38.3 Å². The molecule has 2 atom stereocenters. The van der Waals surface area contributed by atoms with E-state index in [4.69, 9.17) is 4.74 Å². The largest absolute Gasteiger partial charge is 0.488 e. The summed E-state index contributed by atoms with van der Waals surface area (Å²) in [6.07, 6.45) is 2.56. The first-order valence-electron chi connectivity index (χ1n) is 7.04. The minimum absolute atomic E-state index is 0.302. The molecule has 2 rings (SSSR count). The molecule has 1 heterocycles. The zero-order valence-electron chi connectivity index (χ0n) is 12.0. The molecule has 0 bridgehead atoms. The van der Waals surface area contributed by atoms with Crippen LogP contribution in [0.3, 0.4) is 0 Å². The Morgan fingerprint density at radius 2 is 2.11 bits per heavy atom. The summed E-state index contributed by atoms with van der Waals surface area (Å²) in [6.45, 7) is 9.87. The zero-order valence-corrected chi connectivity index (χ0v) is 12.0. The molecule has 1 N–H and O–H groups in total. The van der Waals surface area contributed by atoms with Crippen LogP contribution in [0, 0.1) is 12.8 Å². The lowest BCUT2D eigenvalue weighted by atomic mass is 10.0. The van der Waals surface area contributed by atoms with Gasteiger partial charge in [-0.05, 0) is 37.8 Å². The van der Waals surface area contributed by atoms with Crippen molar-refractivity contribution in [2.24, 2.45) is 5.92 Å². The highest BCUT2D eigenvalue weighted by atomic mass is 16.5. The first kappa shape index (κ1) is 13.4. The second-order valence-electron chi connectivity index (χ2n) is 5.99. The molecule has 2 nitrogen and oxygen atoms in total.